The van der Waals surface area contributed by atoms with E-state index in [9.17, 15) is 4.79 Å². The van der Waals surface area contributed by atoms with Gasteiger partial charge in [-0.2, -0.15) is 0 Å². The number of anilines is 1. The molecule has 0 saturated carbocycles. The van der Waals surface area contributed by atoms with Gasteiger partial charge in [0.25, 0.3) is 0 Å². The molecule has 0 atom stereocenters. The molecule has 0 saturated heterocycles. The molecule has 1 aromatic carbocycles. The number of amides is 1. The van der Waals surface area contributed by atoms with Crippen molar-refractivity contribution >= 4 is 11.8 Å². The number of aliphatic hydroxyl groups is 1. The lowest BCUT2D eigenvalue weighted by Crippen LogP contribution is -2.17. The molecule has 0 radical (unpaired) electrons. The number of rotatable bonds is 4. The minimum atomic E-state index is -0.530. The fraction of sp³-hybridized carbons (Fsp3) is 0.417. The van der Waals surface area contributed by atoms with Gasteiger partial charge in [-0.05, 0) is 24.5 Å². The summed E-state index contributed by atoms with van der Waals surface area (Å²) in [6, 6.07) is 5.86. The second-order valence-electron chi connectivity index (χ2n) is 3.45. The molecule has 0 fully saturated rings. The number of carbonyl (C=O) groups excluding carboxylic acids is 1. The molecule has 0 aliphatic rings. The highest BCUT2D eigenvalue weighted by molar-refractivity contribution is 5.86. The van der Waals surface area contributed by atoms with Gasteiger partial charge in [0.15, 0.2) is 0 Å². The predicted molar refractivity (Wildman–Crippen MR) is 62.6 cm³/mol. The number of benzene rings is 1. The predicted octanol–water partition coefficient (Wildman–Crippen LogP) is 2.10. The van der Waals surface area contributed by atoms with Gasteiger partial charge in [-0.3, -0.25) is 5.32 Å². The Kier molecular flexibility index (Phi) is 4.79. The van der Waals surface area contributed by atoms with Crippen LogP contribution in [0.4, 0.5) is 10.5 Å². The second kappa shape index (κ2) is 6.12. The molecule has 4 nitrogen and oxygen atoms in total. The third-order valence-electron chi connectivity index (χ3n) is 2.29. The molecule has 0 spiro atoms. The minimum Gasteiger partial charge on any atom is -0.447 e. The van der Waals surface area contributed by atoms with E-state index in [1.54, 1.807) is 0 Å². The van der Waals surface area contributed by atoms with Crippen molar-refractivity contribution < 1.29 is 14.6 Å². The lowest BCUT2D eigenvalue weighted by atomic mass is 10.1. The molecule has 1 aromatic rings. The van der Waals surface area contributed by atoms with Crippen LogP contribution in [0.3, 0.4) is 0 Å². The first kappa shape index (κ1) is 12.5. The van der Waals surface area contributed by atoms with Crippen molar-refractivity contribution in [3.05, 3.63) is 29.3 Å². The lowest BCUT2D eigenvalue weighted by molar-refractivity contribution is 0.131. The zero-order valence-corrected chi connectivity index (χ0v) is 9.62. The Balaban J connectivity index is 2.75. The smallest absolute Gasteiger partial charge is 0.411 e. The number of hydrogen-bond donors (Lipinski definition) is 2. The normalized spacial score (nSPS) is 9.94. The zero-order valence-electron chi connectivity index (χ0n) is 9.62. The summed E-state index contributed by atoms with van der Waals surface area (Å²) in [5.74, 6) is 0. The molecule has 88 valence electrons. The second-order valence-corrected chi connectivity index (χ2v) is 3.45. The van der Waals surface area contributed by atoms with Crippen molar-refractivity contribution in [2.75, 3.05) is 18.5 Å². The minimum absolute atomic E-state index is 0.0131. The van der Waals surface area contributed by atoms with Crippen molar-refractivity contribution in [3.8, 4) is 0 Å². The van der Waals surface area contributed by atoms with Gasteiger partial charge in [-0.25, -0.2) is 4.79 Å². The van der Waals surface area contributed by atoms with Crippen LogP contribution in [0.2, 0.25) is 0 Å². The Hall–Kier alpha value is -1.55. The summed E-state index contributed by atoms with van der Waals surface area (Å²) in [5, 5.41) is 11.2. The molecule has 0 aromatic heterocycles. The summed E-state index contributed by atoms with van der Waals surface area (Å²) in [7, 11) is 0. The highest BCUT2D eigenvalue weighted by Crippen LogP contribution is 2.21. The highest BCUT2D eigenvalue weighted by atomic mass is 16.6. The summed E-state index contributed by atoms with van der Waals surface area (Å²) >= 11 is 0. The van der Waals surface area contributed by atoms with Crippen LogP contribution in [0.5, 0.6) is 0 Å². The molecule has 0 bridgehead atoms. The van der Waals surface area contributed by atoms with Crippen LogP contribution in [0.1, 0.15) is 18.1 Å². The number of carbonyl (C=O) groups is 1. The molecule has 0 aliphatic heterocycles. The first-order valence-electron chi connectivity index (χ1n) is 5.32. The molecule has 2 N–H and O–H groups in total. The number of nitrogens with one attached hydrogen (secondary N) is 1. The molecule has 0 aliphatic carbocycles. The van der Waals surface area contributed by atoms with Gasteiger partial charge in [-0.1, -0.05) is 25.1 Å². The van der Waals surface area contributed by atoms with E-state index in [4.69, 9.17) is 9.84 Å². The lowest BCUT2D eigenvalue weighted by Gasteiger charge is -2.12. The first-order valence-corrected chi connectivity index (χ1v) is 5.32. The standard InChI is InChI=1S/C12H17NO3/c1-3-10-6-4-5-9(2)11(10)13-12(15)16-8-7-14/h4-6,14H,3,7-8H2,1-2H3,(H,13,15). The maximum Gasteiger partial charge on any atom is 0.411 e. The van der Waals surface area contributed by atoms with Crippen LogP contribution in [-0.4, -0.2) is 24.4 Å². The summed E-state index contributed by atoms with van der Waals surface area (Å²) in [5.41, 5.74) is 2.87. The molecule has 4 heteroatoms. The first-order chi connectivity index (χ1) is 7.69. The fourth-order valence-electron chi connectivity index (χ4n) is 1.48. The van der Waals surface area contributed by atoms with Gasteiger partial charge < -0.3 is 9.84 Å². The van der Waals surface area contributed by atoms with Crippen LogP contribution in [0.15, 0.2) is 18.2 Å². The number of aryl methyl sites for hydroxylation is 2. The number of ether oxygens (including phenoxy) is 1. The zero-order chi connectivity index (χ0) is 12.0. The van der Waals surface area contributed by atoms with Crippen molar-refractivity contribution in [1.82, 2.24) is 0 Å². The maximum atomic E-state index is 11.3. The van der Waals surface area contributed by atoms with Crippen LogP contribution in [0, 0.1) is 6.92 Å². The van der Waals surface area contributed by atoms with Gasteiger partial charge in [0.05, 0.1) is 12.3 Å². The Morgan fingerprint density at radius 3 is 2.88 bits per heavy atom. The topological polar surface area (TPSA) is 58.6 Å². The molecule has 1 amide bonds. The Labute approximate surface area is 95.2 Å². The van der Waals surface area contributed by atoms with Gasteiger partial charge >= 0.3 is 6.09 Å². The molecule has 1 rings (SSSR count). The fourth-order valence-corrected chi connectivity index (χ4v) is 1.48. The van der Waals surface area contributed by atoms with Crippen LogP contribution in [0.25, 0.3) is 0 Å². The van der Waals surface area contributed by atoms with E-state index in [-0.39, 0.29) is 13.2 Å². The number of hydrogen-bond acceptors (Lipinski definition) is 3. The Morgan fingerprint density at radius 1 is 1.50 bits per heavy atom. The molecule has 0 unspecified atom stereocenters. The average molecular weight is 223 g/mol. The van der Waals surface area contributed by atoms with E-state index in [0.29, 0.717) is 0 Å². The summed E-state index contributed by atoms with van der Waals surface area (Å²) in [6.07, 6.45) is 0.315. The van der Waals surface area contributed by atoms with Gasteiger partial charge in [0.1, 0.15) is 6.61 Å². The van der Waals surface area contributed by atoms with Gasteiger partial charge in [0, 0.05) is 0 Å². The van der Waals surface area contributed by atoms with Crippen LogP contribution in [-0.2, 0) is 11.2 Å². The quantitative estimate of drug-likeness (QED) is 0.821. The van der Waals surface area contributed by atoms with Crippen LogP contribution < -0.4 is 5.32 Å². The van der Waals surface area contributed by atoms with Crippen molar-refractivity contribution in [2.24, 2.45) is 0 Å². The molecule has 0 heterocycles. The third kappa shape index (κ3) is 3.24. The van der Waals surface area contributed by atoms with Crippen molar-refractivity contribution in [3.63, 3.8) is 0 Å². The van der Waals surface area contributed by atoms with E-state index in [1.165, 1.54) is 0 Å². The van der Waals surface area contributed by atoms with Crippen molar-refractivity contribution in [2.45, 2.75) is 20.3 Å². The summed E-state index contributed by atoms with van der Waals surface area (Å²) < 4.78 is 4.75. The molecule has 16 heavy (non-hydrogen) atoms. The summed E-state index contributed by atoms with van der Waals surface area (Å²) in [6.45, 7) is 3.81. The maximum absolute atomic E-state index is 11.3. The average Bonchev–Trinajstić information content (AvgIpc) is 2.29. The van der Waals surface area contributed by atoms with E-state index >= 15 is 0 Å². The van der Waals surface area contributed by atoms with Gasteiger partial charge in [-0.15, -0.1) is 0 Å². The number of aliphatic hydroxyl groups excluding tert-OH is 1. The Bertz CT molecular complexity index is 363. The Morgan fingerprint density at radius 2 is 2.25 bits per heavy atom. The van der Waals surface area contributed by atoms with E-state index in [2.05, 4.69) is 5.32 Å². The van der Waals surface area contributed by atoms with Crippen LogP contribution >= 0.6 is 0 Å². The van der Waals surface area contributed by atoms with E-state index in [0.717, 1.165) is 23.2 Å². The molecular formula is C12H17NO3. The monoisotopic (exact) mass is 223 g/mol. The van der Waals surface area contributed by atoms with Gasteiger partial charge in [0.2, 0.25) is 0 Å². The highest BCUT2D eigenvalue weighted by Gasteiger charge is 2.08. The number of para-hydroxylation sites is 1. The van der Waals surface area contributed by atoms with E-state index in [1.807, 2.05) is 32.0 Å². The largest absolute Gasteiger partial charge is 0.447 e. The summed E-state index contributed by atoms with van der Waals surface area (Å²) in [4.78, 5) is 11.3. The van der Waals surface area contributed by atoms with Crippen molar-refractivity contribution in [1.29, 1.82) is 0 Å². The molecular weight excluding hydrogens is 206 g/mol. The van der Waals surface area contributed by atoms with E-state index < -0.39 is 6.09 Å². The third-order valence-corrected chi connectivity index (χ3v) is 2.29. The SMILES string of the molecule is CCc1cccc(C)c1NC(=O)OCCO.